The first-order chi connectivity index (χ1) is 14.8. The zero-order valence-corrected chi connectivity index (χ0v) is 17.9. The van der Waals surface area contributed by atoms with Crippen LogP contribution in [-0.2, 0) is 4.79 Å². The van der Waals surface area contributed by atoms with Crippen molar-refractivity contribution < 1.29 is 28.2 Å². The standard InChI is InChI=1S/C21H16F2IN3O4/c22-11-6-17(27-16-5-4-12(24)8-15(16)23)20(21(25)30)18(7-11)31-14-3-1-2-13(9-14)26-19(29)10-28/h1-9,27-28H,10H2,(H2,25,30)(H,26,29). The molecule has 3 rings (SSSR count). The van der Waals surface area contributed by atoms with Crippen LogP contribution in [0.3, 0.4) is 0 Å². The Hall–Kier alpha value is -3.25. The predicted octanol–water partition coefficient (Wildman–Crippen LogP) is 4.14. The van der Waals surface area contributed by atoms with Gasteiger partial charge < -0.3 is 26.2 Å². The second kappa shape index (κ2) is 9.71. The van der Waals surface area contributed by atoms with Crippen molar-refractivity contribution in [3.8, 4) is 11.5 Å². The molecule has 31 heavy (non-hydrogen) atoms. The van der Waals surface area contributed by atoms with Crippen molar-refractivity contribution in [2.75, 3.05) is 17.2 Å². The number of aliphatic hydroxyl groups is 1. The fourth-order valence-corrected chi connectivity index (χ4v) is 3.17. The SMILES string of the molecule is NC(=O)c1c(Nc2ccc(I)cc2F)cc(F)cc1Oc1cccc(NC(=O)CO)c1. The Morgan fingerprint density at radius 2 is 1.84 bits per heavy atom. The van der Waals surface area contributed by atoms with Crippen molar-refractivity contribution >= 4 is 51.5 Å². The number of aliphatic hydroxyl groups excluding tert-OH is 1. The summed E-state index contributed by atoms with van der Waals surface area (Å²) >= 11 is 1.94. The minimum absolute atomic E-state index is 0.0215. The number of rotatable bonds is 7. The highest BCUT2D eigenvalue weighted by molar-refractivity contribution is 14.1. The summed E-state index contributed by atoms with van der Waals surface area (Å²) in [5.74, 6) is -2.94. The zero-order chi connectivity index (χ0) is 22.5. The minimum atomic E-state index is -0.923. The van der Waals surface area contributed by atoms with Crippen LogP contribution >= 0.6 is 22.6 Å². The average molecular weight is 539 g/mol. The molecule has 0 radical (unpaired) electrons. The molecular weight excluding hydrogens is 523 g/mol. The second-order valence-electron chi connectivity index (χ2n) is 6.28. The molecule has 10 heteroatoms. The van der Waals surface area contributed by atoms with E-state index >= 15 is 0 Å². The number of primary amides is 1. The lowest BCUT2D eigenvalue weighted by atomic mass is 10.1. The van der Waals surface area contributed by atoms with Crippen LogP contribution in [0.5, 0.6) is 11.5 Å². The van der Waals surface area contributed by atoms with Gasteiger partial charge in [0.2, 0.25) is 5.91 Å². The first-order valence-electron chi connectivity index (χ1n) is 8.81. The van der Waals surface area contributed by atoms with Crippen molar-refractivity contribution in [2.45, 2.75) is 0 Å². The maximum absolute atomic E-state index is 14.3. The van der Waals surface area contributed by atoms with Gasteiger partial charge in [-0.3, -0.25) is 9.59 Å². The maximum Gasteiger partial charge on any atom is 0.254 e. The van der Waals surface area contributed by atoms with E-state index in [0.717, 1.165) is 12.1 Å². The van der Waals surface area contributed by atoms with Crippen LogP contribution in [0.15, 0.2) is 54.6 Å². The van der Waals surface area contributed by atoms with Crippen LogP contribution in [0.25, 0.3) is 0 Å². The Balaban J connectivity index is 1.98. The lowest BCUT2D eigenvalue weighted by molar-refractivity contribution is -0.118. The molecule has 0 aromatic heterocycles. The molecule has 5 N–H and O–H groups in total. The molecule has 3 aromatic rings. The zero-order valence-electron chi connectivity index (χ0n) is 15.8. The van der Waals surface area contributed by atoms with E-state index < -0.39 is 30.1 Å². The van der Waals surface area contributed by atoms with Gasteiger partial charge in [-0.25, -0.2) is 8.78 Å². The van der Waals surface area contributed by atoms with Gasteiger partial charge in [0.05, 0.1) is 11.4 Å². The first kappa shape index (κ1) is 22.4. The Kier molecular flexibility index (Phi) is 7.02. The summed E-state index contributed by atoms with van der Waals surface area (Å²) in [7, 11) is 0. The van der Waals surface area contributed by atoms with Gasteiger partial charge >= 0.3 is 0 Å². The lowest BCUT2D eigenvalue weighted by Gasteiger charge is -2.16. The predicted molar refractivity (Wildman–Crippen MR) is 120 cm³/mol. The molecule has 0 saturated carbocycles. The van der Waals surface area contributed by atoms with E-state index in [-0.39, 0.29) is 28.4 Å². The van der Waals surface area contributed by atoms with Gasteiger partial charge in [-0.2, -0.15) is 0 Å². The number of ether oxygens (including phenoxy) is 1. The third kappa shape index (κ3) is 5.67. The van der Waals surface area contributed by atoms with E-state index in [2.05, 4.69) is 10.6 Å². The van der Waals surface area contributed by atoms with E-state index in [9.17, 15) is 18.4 Å². The molecule has 0 atom stereocenters. The molecule has 0 aliphatic rings. The van der Waals surface area contributed by atoms with E-state index in [1.807, 2.05) is 22.6 Å². The molecular formula is C21H16F2IN3O4. The number of nitrogens with two attached hydrogens (primary N) is 1. The Morgan fingerprint density at radius 1 is 1.06 bits per heavy atom. The highest BCUT2D eigenvalue weighted by atomic mass is 127. The van der Waals surface area contributed by atoms with E-state index in [0.29, 0.717) is 9.26 Å². The van der Waals surface area contributed by atoms with Gasteiger partial charge in [-0.1, -0.05) is 6.07 Å². The van der Waals surface area contributed by atoms with Crippen LogP contribution in [0.2, 0.25) is 0 Å². The minimum Gasteiger partial charge on any atom is -0.456 e. The maximum atomic E-state index is 14.3. The molecule has 0 spiro atoms. The molecule has 0 heterocycles. The van der Waals surface area contributed by atoms with Crippen molar-refractivity contribution in [3.05, 3.63) is 75.4 Å². The van der Waals surface area contributed by atoms with Crippen LogP contribution < -0.4 is 21.1 Å². The monoisotopic (exact) mass is 539 g/mol. The van der Waals surface area contributed by atoms with E-state index in [4.69, 9.17) is 15.6 Å². The fraction of sp³-hybridized carbons (Fsp3) is 0.0476. The molecule has 0 aliphatic heterocycles. The summed E-state index contributed by atoms with van der Waals surface area (Å²) in [6.07, 6.45) is 0. The smallest absolute Gasteiger partial charge is 0.254 e. The molecule has 0 bridgehead atoms. The highest BCUT2D eigenvalue weighted by Crippen LogP contribution is 2.34. The van der Waals surface area contributed by atoms with Gasteiger partial charge in [0.25, 0.3) is 5.91 Å². The summed E-state index contributed by atoms with van der Waals surface area (Å²) in [6.45, 7) is -0.703. The van der Waals surface area contributed by atoms with E-state index in [1.54, 1.807) is 18.2 Å². The number of benzene rings is 3. The Morgan fingerprint density at radius 3 is 2.52 bits per heavy atom. The number of halogens is 3. The topological polar surface area (TPSA) is 114 Å². The third-order valence-electron chi connectivity index (χ3n) is 4.00. The number of carbonyl (C=O) groups excluding carboxylic acids is 2. The summed E-state index contributed by atoms with van der Waals surface area (Å²) in [6, 6.07) is 12.3. The van der Waals surface area contributed by atoms with E-state index in [1.165, 1.54) is 24.3 Å². The van der Waals surface area contributed by atoms with Crippen LogP contribution in [0, 0.1) is 15.2 Å². The number of nitrogens with one attached hydrogen (secondary N) is 2. The lowest BCUT2D eigenvalue weighted by Crippen LogP contribution is -2.16. The van der Waals surface area contributed by atoms with Crippen molar-refractivity contribution in [3.63, 3.8) is 0 Å². The summed E-state index contributed by atoms with van der Waals surface area (Å²) in [5.41, 5.74) is 5.55. The van der Waals surface area contributed by atoms with Crippen LogP contribution in [-0.4, -0.2) is 23.5 Å². The molecule has 0 saturated heterocycles. The average Bonchev–Trinajstić information content (AvgIpc) is 2.69. The summed E-state index contributed by atoms with van der Waals surface area (Å²) < 4.78 is 34.8. The second-order valence-corrected chi connectivity index (χ2v) is 7.52. The largest absolute Gasteiger partial charge is 0.456 e. The highest BCUT2D eigenvalue weighted by Gasteiger charge is 2.19. The molecule has 2 amide bonds. The normalized spacial score (nSPS) is 10.5. The van der Waals surface area contributed by atoms with Crippen LogP contribution in [0.1, 0.15) is 10.4 Å². The van der Waals surface area contributed by atoms with Gasteiger partial charge in [0.1, 0.15) is 35.3 Å². The Labute approximate surface area is 189 Å². The fourth-order valence-electron chi connectivity index (χ4n) is 2.72. The van der Waals surface area contributed by atoms with Crippen molar-refractivity contribution in [1.82, 2.24) is 0 Å². The number of hydrogen-bond acceptors (Lipinski definition) is 5. The number of hydrogen-bond donors (Lipinski definition) is 4. The Bertz CT molecular complexity index is 1160. The first-order valence-corrected chi connectivity index (χ1v) is 9.88. The molecule has 0 fully saturated rings. The van der Waals surface area contributed by atoms with Crippen molar-refractivity contribution in [1.29, 1.82) is 0 Å². The van der Waals surface area contributed by atoms with Crippen molar-refractivity contribution in [2.24, 2.45) is 5.73 Å². The molecule has 0 aliphatic carbocycles. The number of carbonyl (C=O) groups is 2. The number of anilines is 3. The molecule has 0 unspecified atom stereocenters. The van der Waals surface area contributed by atoms with Gasteiger partial charge in [-0.15, -0.1) is 0 Å². The van der Waals surface area contributed by atoms with Gasteiger partial charge in [0, 0.05) is 21.4 Å². The van der Waals surface area contributed by atoms with Gasteiger partial charge in [-0.05, 0) is 59.0 Å². The van der Waals surface area contributed by atoms with Crippen LogP contribution in [0.4, 0.5) is 25.8 Å². The molecule has 7 nitrogen and oxygen atoms in total. The molecule has 160 valence electrons. The third-order valence-corrected chi connectivity index (χ3v) is 4.67. The van der Waals surface area contributed by atoms with Gasteiger partial charge in [0.15, 0.2) is 0 Å². The quantitative estimate of drug-likeness (QED) is 0.338. The number of amides is 2. The molecule has 3 aromatic carbocycles. The summed E-state index contributed by atoms with van der Waals surface area (Å²) in [4.78, 5) is 23.5. The summed E-state index contributed by atoms with van der Waals surface area (Å²) in [5, 5.41) is 14.0.